The summed E-state index contributed by atoms with van der Waals surface area (Å²) in [6, 6.07) is 0. The fourth-order valence-electron chi connectivity index (χ4n) is 5.50. The van der Waals surface area contributed by atoms with E-state index in [2.05, 4.69) is 33.8 Å². The molecule has 3 fully saturated rings. The first-order chi connectivity index (χ1) is 11.1. The lowest BCUT2D eigenvalue weighted by Gasteiger charge is -2.38. The van der Waals surface area contributed by atoms with Crippen molar-refractivity contribution in [3.63, 3.8) is 0 Å². The zero-order chi connectivity index (χ0) is 17.5. The summed E-state index contributed by atoms with van der Waals surface area (Å²) in [6.07, 6.45) is 4.73. The van der Waals surface area contributed by atoms with Crippen LogP contribution in [0.15, 0.2) is 11.6 Å². The van der Waals surface area contributed by atoms with Gasteiger partial charge in [0.15, 0.2) is 5.78 Å². The minimum absolute atomic E-state index is 0.0740. The van der Waals surface area contributed by atoms with Gasteiger partial charge in [-0.25, -0.2) is 0 Å². The van der Waals surface area contributed by atoms with Crippen LogP contribution in [0.25, 0.3) is 0 Å². The molecule has 0 aromatic rings. The van der Waals surface area contributed by atoms with Crippen molar-refractivity contribution in [2.75, 3.05) is 0 Å². The summed E-state index contributed by atoms with van der Waals surface area (Å²) in [7, 11) is 0. The van der Waals surface area contributed by atoms with Crippen LogP contribution < -0.4 is 0 Å². The maximum Gasteiger partial charge on any atom is 0.167 e. The molecule has 1 N–H and O–H groups in total. The van der Waals surface area contributed by atoms with Crippen molar-refractivity contribution in [3.8, 4) is 0 Å². The molecule has 0 aromatic carbocycles. The fourth-order valence-corrected chi connectivity index (χ4v) is 5.50. The van der Waals surface area contributed by atoms with E-state index in [4.69, 9.17) is 9.47 Å². The number of aliphatic hydroxyl groups is 1. The number of Topliss-reactive ketones (excluding diaryl/α,β-unsaturated/α-hetero) is 1. The Morgan fingerprint density at radius 2 is 1.92 bits per heavy atom. The third-order valence-electron chi connectivity index (χ3n) is 7.47. The summed E-state index contributed by atoms with van der Waals surface area (Å²) in [5.41, 5.74) is -0.545. The van der Waals surface area contributed by atoms with E-state index >= 15 is 0 Å². The van der Waals surface area contributed by atoms with Gasteiger partial charge in [-0.2, -0.15) is 0 Å². The van der Waals surface area contributed by atoms with Crippen molar-refractivity contribution >= 4 is 5.78 Å². The summed E-state index contributed by atoms with van der Waals surface area (Å²) in [6.45, 7) is 10.4. The molecule has 134 valence electrons. The van der Waals surface area contributed by atoms with E-state index in [0.29, 0.717) is 24.7 Å². The van der Waals surface area contributed by atoms with E-state index in [0.717, 1.165) is 12.8 Å². The van der Waals surface area contributed by atoms with Gasteiger partial charge in [-0.1, -0.05) is 32.4 Å². The number of ether oxygens (including phenoxy) is 2. The van der Waals surface area contributed by atoms with Gasteiger partial charge >= 0.3 is 0 Å². The Bertz CT molecular complexity index is 607. The Labute approximate surface area is 144 Å². The van der Waals surface area contributed by atoms with Crippen LogP contribution in [0.5, 0.6) is 0 Å². The van der Waals surface area contributed by atoms with Crippen molar-refractivity contribution in [2.45, 2.75) is 89.8 Å². The number of hydrogen-bond donors (Lipinski definition) is 1. The highest BCUT2D eigenvalue weighted by Gasteiger charge is 2.66. The molecular formula is C20H30O4. The van der Waals surface area contributed by atoms with Crippen LogP contribution in [-0.4, -0.2) is 40.4 Å². The molecule has 2 bridgehead atoms. The minimum Gasteiger partial charge on any atom is -0.380 e. The first-order valence-corrected chi connectivity index (χ1v) is 9.37. The van der Waals surface area contributed by atoms with Crippen molar-refractivity contribution in [2.24, 2.45) is 17.3 Å². The second-order valence-electron chi connectivity index (χ2n) is 9.32. The van der Waals surface area contributed by atoms with E-state index < -0.39 is 11.7 Å². The standard InChI is InChI=1S/C20H30O4/c1-11(2)13-7-6-12-8-16-20(5)17(24-20)9-15(23-16)19(4,22)14(21)10-18(12,13)3/h6,11,13,15-17,22H,7-10H2,1-5H3/t13-,15-,16+,17+,18+,19+,20-/m0/s1. The SMILES string of the molecule is CC(C)[C@@H]1CC=C2C[C@H]3O[C@@H](C[C@H]4O[C@@]34C)[C@](C)(O)C(=O)C[C@]21C. The van der Waals surface area contributed by atoms with Gasteiger partial charge < -0.3 is 14.6 Å². The molecule has 3 saturated heterocycles. The summed E-state index contributed by atoms with van der Waals surface area (Å²) in [4.78, 5) is 13.1. The molecule has 0 aromatic heterocycles. The fraction of sp³-hybridized carbons (Fsp3) is 0.850. The Morgan fingerprint density at radius 1 is 1.21 bits per heavy atom. The molecule has 7 atom stereocenters. The average Bonchev–Trinajstić information content (AvgIpc) is 3.05. The Hall–Kier alpha value is -0.710. The highest BCUT2D eigenvalue weighted by atomic mass is 16.7. The van der Waals surface area contributed by atoms with Gasteiger partial charge in [0.05, 0.1) is 18.3 Å². The van der Waals surface area contributed by atoms with Gasteiger partial charge in [-0.3, -0.25) is 4.79 Å². The maximum atomic E-state index is 13.1. The number of fused-ring (bicyclic) bond motifs is 5. The molecule has 4 nitrogen and oxygen atoms in total. The Morgan fingerprint density at radius 3 is 2.58 bits per heavy atom. The molecule has 4 heteroatoms. The first kappa shape index (κ1) is 16.7. The van der Waals surface area contributed by atoms with Crippen LogP contribution in [-0.2, 0) is 14.3 Å². The van der Waals surface area contributed by atoms with E-state index in [-0.39, 0.29) is 29.0 Å². The zero-order valence-electron chi connectivity index (χ0n) is 15.5. The molecular weight excluding hydrogens is 304 g/mol. The predicted molar refractivity (Wildman–Crippen MR) is 90.6 cm³/mol. The van der Waals surface area contributed by atoms with Gasteiger partial charge in [0.1, 0.15) is 11.2 Å². The number of carbonyl (C=O) groups is 1. The van der Waals surface area contributed by atoms with Gasteiger partial charge in [0.25, 0.3) is 0 Å². The predicted octanol–water partition coefficient (Wildman–Crippen LogP) is 3.02. The number of hydrogen-bond acceptors (Lipinski definition) is 4. The lowest BCUT2D eigenvalue weighted by atomic mass is 9.65. The average molecular weight is 334 g/mol. The molecule has 0 saturated carbocycles. The molecule has 3 heterocycles. The van der Waals surface area contributed by atoms with Crippen molar-refractivity contribution in [1.29, 1.82) is 0 Å². The van der Waals surface area contributed by atoms with Crippen LogP contribution in [0, 0.1) is 17.3 Å². The molecule has 0 unspecified atom stereocenters. The minimum atomic E-state index is -1.44. The maximum absolute atomic E-state index is 13.1. The third-order valence-corrected chi connectivity index (χ3v) is 7.47. The molecule has 0 spiro atoms. The summed E-state index contributed by atoms with van der Waals surface area (Å²) in [5.74, 6) is 0.857. The summed E-state index contributed by atoms with van der Waals surface area (Å²) >= 11 is 0. The summed E-state index contributed by atoms with van der Waals surface area (Å²) in [5, 5.41) is 11.0. The van der Waals surface area contributed by atoms with Crippen LogP contribution in [0.2, 0.25) is 0 Å². The first-order valence-electron chi connectivity index (χ1n) is 9.37. The van der Waals surface area contributed by atoms with Gasteiger partial charge in [0, 0.05) is 12.8 Å². The van der Waals surface area contributed by atoms with Crippen molar-refractivity contribution < 1.29 is 19.4 Å². The van der Waals surface area contributed by atoms with E-state index in [9.17, 15) is 9.90 Å². The molecule has 0 radical (unpaired) electrons. The zero-order valence-corrected chi connectivity index (χ0v) is 15.5. The van der Waals surface area contributed by atoms with E-state index in [1.54, 1.807) is 6.92 Å². The molecule has 4 aliphatic rings. The molecule has 1 aliphatic carbocycles. The van der Waals surface area contributed by atoms with Crippen LogP contribution in [0.3, 0.4) is 0 Å². The monoisotopic (exact) mass is 334 g/mol. The largest absolute Gasteiger partial charge is 0.380 e. The smallest absolute Gasteiger partial charge is 0.167 e. The normalized spacial score (nSPS) is 53.6. The number of carbonyl (C=O) groups excluding carboxylic acids is 1. The van der Waals surface area contributed by atoms with Crippen LogP contribution >= 0.6 is 0 Å². The van der Waals surface area contributed by atoms with Gasteiger partial charge in [-0.15, -0.1) is 0 Å². The Kier molecular flexibility index (Phi) is 3.44. The quantitative estimate of drug-likeness (QED) is 0.591. The highest BCUT2D eigenvalue weighted by Crippen LogP contribution is 2.57. The second kappa shape index (κ2) is 4.93. The van der Waals surface area contributed by atoms with Gasteiger partial charge in [0.2, 0.25) is 0 Å². The topological polar surface area (TPSA) is 59.1 Å². The highest BCUT2D eigenvalue weighted by molar-refractivity contribution is 5.88. The van der Waals surface area contributed by atoms with Crippen LogP contribution in [0.4, 0.5) is 0 Å². The molecule has 3 aliphatic heterocycles. The molecule has 24 heavy (non-hydrogen) atoms. The summed E-state index contributed by atoms with van der Waals surface area (Å²) < 4.78 is 12.2. The number of rotatable bonds is 1. The van der Waals surface area contributed by atoms with Crippen molar-refractivity contribution in [3.05, 3.63) is 11.6 Å². The lowest BCUT2D eigenvalue weighted by molar-refractivity contribution is -0.169. The molecule has 0 amide bonds. The third kappa shape index (κ3) is 2.12. The van der Waals surface area contributed by atoms with E-state index in [1.165, 1.54) is 5.57 Å². The molecule has 4 rings (SSSR count). The van der Waals surface area contributed by atoms with E-state index in [1.807, 2.05) is 0 Å². The second-order valence-corrected chi connectivity index (χ2v) is 9.32. The number of epoxide rings is 1. The number of ketones is 1. The van der Waals surface area contributed by atoms with Crippen LogP contribution in [0.1, 0.15) is 60.3 Å². The Balaban J connectivity index is 1.76. The van der Waals surface area contributed by atoms with Gasteiger partial charge in [-0.05, 0) is 43.9 Å². The van der Waals surface area contributed by atoms with Crippen molar-refractivity contribution in [1.82, 2.24) is 0 Å². The lowest BCUT2D eigenvalue weighted by Crippen LogP contribution is -2.54. The number of allylic oxidation sites excluding steroid dienone is 1.